The van der Waals surface area contributed by atoms with E-state index in [0.717, 1.165) is 11.1 Å². The quantitative estimate of drug-likeness (QED) is 0.244. The van der Waals surface area contributed by atoms with Gasteiger partial charge in [0.15, 0.2) is 5.78 Å². The average Bonchev–Trinajstić information content (AvgIpc) is 3.12. The number of benzene rings is 4. The number of aliphatic imine (C=N–C) groups is 1. The molecule has 4 aromatic carbocycles. The number of rotatable bonds is 7. The third-order valence-electron chi connectivity index (χ3n) is 6.81. The number of nitrogens with zero attached hydrogens (tertiary/aromatic N) is 2. The van der Waals surface area contributed by atoms with E-state index >= 15 is 0 Å². The van der Waals surface area contributed by atoms with Crippen LogP contribution in [0.1, 0.15) is 37.4 Å². The fraction of sp³-hybridized carbons (Fsp3) is 0.121. The zero-order valence-electron chi connectivity index (χ0n) is 23.0. The van der Waals surface area contributed by atoms with Crippen molar-refractivity contribution < 1.29 is 23.9 Å². The number of ketones is 1. The summed E-state index contributed by atoms with van der Waals surface area (Å²) >= 11 is 0. The van der Waals surface area contributed by atoms with Gasteiger partial charge >= 0.3 is 12.0 Å². The van der Waals surface area contributed by atoms with Gasteiger partial charge in [0.2, 0.25) is 6.17 Å². The first-order valence-corrected chi connectivity index (χ1v) is 13.2. The van der Waals surface area contributed by atoms with Gasteiger partial charge in [0.25, 0.3) is 5.91 Å². The van der Waals surface area contributed by atoms with Crippen molar-refractivity contribution in [3.05, 3.63) is 131 Å². The van der Waals surface area contributed by atoms with E-state index in [4.69, 9.17) is 9.73 Å². The van der Waals surface area contributed by atoms with Crippen LogP contribution >= 0.6 is 0 Å². The summed E-state index contributed by atoms with van der Waals surface area (Å²) in [4.78, 5) is 58.7. The van der Waals surface area contributed by atoms with Crippen molar-refractivity contribution in [2.45, 2.75) is 13.1 Å². The van der Waals surface area contributed by atoms with Gasteiger partial charge in [-0.25, -0.2) is 14.6 Å². The molecule has 1 unspecified atom stereocenters. The van der Waals surface area contributed by atoms with E-state index in [1.54, 1.807) is 42.5 Å². The van der Waals surface area contributed by atoms with Gasteiger partial charge in [0, 0.05) is 22.4 Å². The third kappa shape index (κ3) is 5.95. The highest BCUT2D eigenvalue weighted by molar-refractivity contribution is 6.21. The summed E-state index contributed by atoms with van der Waals surface area (Å²) in [5, 5.41) is 5.30. The smallest absolute Gasteiger partial charge is 0.337 e. The molecule has 1 atom stereocenters. The summed E-state index contributed by atoms with van der Waals surface area (Å²) in [7, 11) is 1.27. The van der Waals surface area contributed by atoms with E-state index in [1.807, 2.05) is 61.5 Å². The standard InChI is InChI=1S/C33H28N4O5/c1-21-11-6-7-16-25(21)28(38)20-37-27-18-9-8-17-26(27)29(22-12-4-3-5-13-22)35-30(31(37)39)36-33(41)34-24-15-10-14-23(19-24)32(40)42-2/h3-19,30H,20H2,1-2H3,(H2,34,36,41). The monoisotopic (exact) mass is 560 g/mol. The number of esters is 1. The molecule has 0 radical (unpaired) electrons. The number of ether oxygens (including phenoxy) is 1. The zero-order valence-corrected chi connectivity index (χ0v) is 23.0. The van der Waals surface area contributed by atoms with E-state index in [0.29, 0.717) is 28.2 Å². The Bertz CT molecular complexity index is 1700. The topological polar surface area (TPSA) is 117 Å². The van der Waals surface area contributed by atoms with Crippen molar-refractivity contribution in [1.29, 1.82) is 0 Å². The fourth-order valence-corrected chi connectivity index (χ4v) is 4.76. The number of anilines is 2. The molecule has 1 aliphatic rings. The number of Topliss-reactive ketones (excluding diaryl/α,β-unsaturated/α-hetero) is 1. The van der Waals surface area contributed by atoms with E-state index in [-0.39, 0.29) is 17.9 Å². The van der Waals surface area contributed by atoms with Crippen LogP contribution in [0.25, 0.3) is 0 Å². The molecule has 1 heterocycles. The molecule has 4 aromatic rings. The van der Waals surface area contributed by atoms with Crippen molar-refractivity contribution in [1.82, 2.24) is 5.32 Å². The van der Waals surface area contributed by atoms with Gasteiger partial charge in [-0.1, -0.05) is 78.9 Å². The second kappa shape index (κ2) is 12.3. The van der Waals surface area contributed by atoms with Crippen molar-refractivity contribution in [2.75, 3.05) is 23.9 Å². The molecule has 9 heteroatoms. The first kappa shape index (κ1) is 28.0. The lowest BCUT2D eigenvalue weighted by Gasteiger charge is -2.25. The van der Waals surface area contributed by atoms with E-state index < -0.39 is 24.1 Å². The van der Waals surface area contributed by atoms with Gasteiger partial charge < -0.3 is 20.3 Å². The number of hydrogen-bond acceptors (Lipinski definition) is 6. The second-order valence-electron chi connectivity index (χ2n) is 9.60. The van der Waals surface area contributed by atoms with Crippen LogP contribution in [-0.4, -0.2) is 49.2 Å². The number of fused-ring (bicyclic) bond motifs is 1. The van der Waals surface area contributed by atoms with Crippen LogP contribution in [0.5, 0.6) is 0 Å². The molecule has 0 saturated heterocycles. The number of carbonyl (C=O) groups is 4. The number of nitrogens with one attached hydrogen (secondary N) is 2. The van der Waals surface area contributed by atoms with Crippen molar-refractivity contribution in [2.24, 2.45) is 4.99 Å². The van der Waals surface area contributed by atoms with Gasteiger partial charge in [-0.15, -0.1) is 0 Å². The number of urea groups is 1. The molecule has 0 aromatic heterocycles. The van der Waals surface area contributed by atoms with E-state index in [1.165, 1.54) is 18.1 Å². The van der Waals surface area contributed by atoms with Gasteiger partial charge in [0.05, 0.1) is 30.6 Å². The Balaban J connectivity index is 1.51. The molecule has 2 N–H and O–H groups in total. The van der Waals surface area contributed by atoms with Gasteiger partial charge in [-0.05, 0) is 36.8 Å². The molecule has 0 fully saturated rings. The lowest BCUT2D eigenvalue weighted by atomic mass is 9.99. The molecule has 0 spiro atoms. The maximum absolute atomic E-state index is 14.1. The van der Waals surface area contributed by atoms with Crippen LogP contribution in [0.3, 0.4) is 0 Å². The molecular weight excluding hydrogens is 532 g/mol. The highest BCUT2D eigenvalue weighted by Gasteiger charge is 2.34. The Morgan fingerprint density at radius 1 is 0.881 bits per heavy atom. The Morgan fingerprint density at radius 3 is 2.36 bits per heavy atom. The molecule has 210 valence electrons. The van der Waals surface area contributed by atoms with Gasteiger partial charge in [0.1, 0.15) is 0 Å². The normalized spacial score (nSPS) is 14.2. The summed E-state index contributed by atoms with van der Waals surface area (Å²) in [6, 6.07) is 29.2. The van der Waals surface area contributed by atoms with Crippen LogP contribution in [0, 0.1) is 6.92 Å². The maximum Gasteiger partial charge on any atom is 0.337 e. The predicted molar refractivity (Wildman–Crippen MR) is 160 cm³/mol. The SMILES string of the molecule is COC(=O)c1cccc(NC(=O)NC2N=C(c3ccccc3)c3ccccc3N(CC(=O)c3ccccc3C)C2=O)c1. The number of methoxy groups -OCH3 is 1. The van der Waals surface area contributed by atoms with E-state index in [9.17, 15) is 19.2 Å². The zero-order chi connectivity index (χ0) is 29.6. The minimum Gasteiger partial charge on any atom is -0.465 e. The number of amides is 3. The summed E-state index contributed by atoms with van der Waals surface area (Å²) < 4.78 is 4.75. The minimum absolute atomic E-state index is 0.248. The first-order valence-electron chi connectivity index (χ1n) is 13.2. The number of para-hydroxylation sites is 1. The number of hydrogen-bond donors (Lipinski definition) is 2. The highest BCUT2D eigenvalue weighted by Crippen LogP contribution is 2.29. The Kier molecular flexibility index (Phi) is 8.19. The van der Waals surface area contributed by atoms with Crippen LogP contribution < -0.4 is 15.5 Å². The van der Waals surface area contributed by atoms with E-state index in [2.05, 4.69) is 10.6 Å². The molecule has 42 heavy (non-hydrogen) atoms. The predicted octanol–water partition coefficient (Wildman–Crippen LogP) is 5.00. The van der Waals surface area contributed by atoms with Crippen LogP contribution in [0.4, 0.5) is 16.2 Å². The van der Waals surface area contributed by atoms with Crippen molar-refractivity contribution >= 4 is 40.8 Å². The van der Waals surface area contributed by atoms with Crippen LogP contribution in [-0.2, 0) is 9.53 Å². The Morgan fingerprint density at radius 2 is 1.60 bits per heavy atom. The highest BCUT2D eigenvalue weighted by atomic mass is 16.5. The fourth-order valence-electron chi connectivity index (χ4n) is 4.76. The van der Waals surface area contributed by atoms with Crippen LogP contribution in [0.2, 0.25) is 0 Å². The second-order valence-corrected chi connectivity index (χ2v) is 9.60. The largest absolute Gasteiger partial charge is 0.465 e. The molecule has 0 saturated carbocycles. The van der Waals surface area contributed by atoms with Crippen molar-refractivity contribution in [3.63, 3.8) is 0 Å². The third-order valence-corrected chi connectivity index (χ3v) is 6.81. The Hall–Kier alpha value is -5.57. The number of aryl methyl sites for hydroxylation is 1. The maximum atomic E-state index is 14.1. The lowest BCUT2D eigenvalue weighted by molar-refractivity contribution is -0.120. The molecule has 9 nitrogen and oxygen atoms in total. The molecule has 5 rings (SSSR count). The molecule has 3 amide bonds. The summed E-state index contributed by atoms with van der Waals surface area (Å²) in [6.45, 7) is 1.59. The minimum atomic E-state index is -1.36. The van der Waals surface area contributed by atoms with Gasteiger partial charge in [-0.3, -0.25) is 9.59 Å². The number of carbonyl (C=O) groups excluding carboxylic acids is 4. The molecule has 1 aliphatic heterocycles. The molecule has 0 bridgehead atoms. The number of benzodiazepines with no additional fused rings is 1. The van der Waals surface area contributed by atoms with Crippen LogP contribution in [0.15, 0.2) is 108 Å². The summed E-state index contributed by atoms with van der Waals surface area (Å²) in [5.74, 6) is -1.38. The van der Waals surface area contributed by atoms with Crippen molar-refractivity contribution in [3.8, 4) is 0 Å². The lowest BCUT2D eigenvalue weighted by Crippen LogP contribution is -2.50. The average molecular weight is 561 g/mol. The summed E-state index contributed by atoms with van der Waals surface area (Å²) in [6.07, 6.45) is -1.36. The molecule has 0 aliphatic carbocycles. The first-order chi connectivity index (χ1) is 20.4. The summed E-state index contributed by atoms with van der Waals surface area (Å²) in [5.41, 5.74) is 4.24. The Labute approximate surface area is 242 Å². The van der Waals surface area contributed by atoms with Gasteiger partial charge in [-0.2, -0.15) is 0 Å². The molecular formula is C33H28N4O5.